The number of ether oxygens (including phenoxy) is 1. The van der Waals surface area contributed by atoms with Gasteiger partial charge < -0.3 is 10.5 Å². The molecule has 1 unspecified atom stereocenters. The maximum Gasteiger partial charge on any atom is 0.133 e. The van der Waals surface area contributed by atoms with Crippen LogP contribution in [0.2, 0.25) is 0 Å². The van der Waals surface area contributed by atoms with Crippen LogP contribution in [0, 0.1) is 0 Å². The Hall–Kier alpha value is -0.390. The Morgan fingerprint density at radius 1 is 1.50 bits per heavy atom. The van der Waals surface area contributed by atoms with E-state index in [1.165, 1.54) is 0 Å². The average Bonchev–Trinajstić information content (AvgIpc) is 2.26. The lowest BCUT2D eigenvalue weighted by Crippen LogP contribution is -2.07. The third kappa shape index (κ3) is 4.23. The second-order valence-corrected chi connectivity index (χ2v) is 5.83. The Labute approximate surface area is 107 Å². The number of hydrogen-bond acceptors (Lipinski definition) is 3. The van der Waals surface area contributed by atoms with Gasteiger partial charge >= 0.3 is 0 Å². The summed E-state index contributed by atoms with van der Waals surface area (Å²) in [6.07, 6.45) is 0.809. The summed E-state index contributed by atoms with van der Waals surface area (Å²) in [6.45, 7) is 0.595. The summed E-state index contributed by atoms with van der Waals surface area (Å²) in [7, 11) is 0.795. The Balaban J connectivity index is 2.61. The van der Waals surface area contributed by atoms with Crippen LogP contribution < -0.4 is 10.5 Å². The SMILES string of the molecule is COc1ccc(CS(=O)CCCN)cc1Br. The van der Waals surface area contributed by atoms with Crippen LogP contribution in [0.1, 0.15) is 12.0 Å². The molecule has 90 valence electrons. The molecule has 0 aromatic heterocycles. The summed E-state index contributed by atoms with van der Waals surface area (Å²) in [5.41, 5.74) is 6.42. The molecule has 0 amide bonds. The highest BCUT2D eigenvalue weighted by Gasteiger charge is 2.05. The van der Waals surface area contributed by atoms with E-state index < -0.39 is 10.8 Å². The van der Waals surface area contributed by atoms with Crippen LogP contribution in [0.15, 0.2) is 22.7 Å². The number of nitrogens with two attached hydrogens (primary N) is 1. The molecule has 0 bridgehead atoms. The molecule has 0 saturated heterocycles. The molecule has 1 rings (SSSR count). The van der Waals surface area contributed by atoms with E-state index in [0.29, 0.717) is 18.1 Å². The zero-order valence-electron chi connectivity index (χ0n) is 9.24. The van der Waals surface area contributed by atoms with Crippen LogP contribution in [0.5, 0.6) is 5.75 Å². The van der Waals surface area contributed by atoms with Crippen molar-refractivity contribution in [2.24, 2.45) is 5.73 Å². The van der Waals surface area contributed by atoms with Crippen molar-refractivity contribution in [3.8, 4) is 5.75 Å². The van der Waals surface area contributed by atoms with Gasteiger partial charge in [0.25, 0.3) is 0 Å². The van der Waals surface area contributed by atoms with E-state index in [4.69, 9.17) is 10.5 Å². The minimum atomic E-state index is -0.829. The number of hydrogen-bond donors (Lipinski definition) is 1. The fraction of sp³-hybridized carbons (Fsp3) is 0.455. The van der Waals surface area contributed by atoms with Crippen molar-refractivity contribution in [1.29, 1.82) is 0 Å². The van der Waals surface area contributed by atoms with E-state index >= 15 is 0 Å². The molecule has 16 heavy (non-hydrogen) atoms. The van der Waals surface area contributed by atoms with E-state index in [-0.39, 0.29) is 0 Å². The molecule has 3 nitrogen and oxygen atoms in total. The van der Waals surface area contributed by atoms with E-state index in [9.17, 15) is 4.21 Å². The topological polar surface area (TPSA) is 52.3 Å². The Morgan fingerprint density at radius 3 is 2.81 bits per heavy atom. The molecule has 0 aliphatic carbocycles. The van der Waals surface area contributed by atoms with Gasteiger partial charge in [0.2, 0.25) is 0 Å². The Morgan fingerprint density at radius 2 is 2.25 bits per heavy atom. The molecule has 5 heteroatoms. The lowest BCUT2D eigenvalue weighted by molar-refractivity contribution is 0.412. The van der Waals surface area contributed by atoms with E-state index in [0.717, 1.165) is 22.2 Å². The van der Waals surface area contributed by atoms with Gasteiger partial charge in [-0.05, 0) is 46.6 Å². The molecular formula is C11H16BrNO2S. The van der Waals surface area contributed by atoms with Crippen LogP contribution in [-0.2, 0) is 16.6 Å². The van der Waals surface area contributed by atoms with Crippen molar-refractivity contribution in [3.63, 3.8) is 0 Å². The molecule has 1 aromatic carbocycles. The van der Waals surface area contributed by atoms with Gasteiger partial charge in [0.05, 0.1) is 11.6 Å². The van der Waals surface area contributed by atoms with E-state index in [1.54, 1.807) is 7.11 Å². The third-order valence-electron chi connectivity index (χ3n) is 2.12. The molecule has 0 spiro atoms. The molecule has 2 N–H and O–H groups in total. The van der Waals surface area contributed by atoms with Crippen LogP contribution >= 0.6 is 15.9 Å². The first kappa shape index (κ1) is 13.7. The minimum absolute atomic E-state index is 0.572. The van der Waals surface area contributed by atoms with E-state index in [2.05, 4.69) is 15.9 Å². The monoisotopic (exact) mass is 305 g/mol. The third-order valence-corrected chi connectivity index (χ3v) is 4.14. The standard InChI is InChI=1S/C11H16BrNO2S/c1-15-11-4-3-9(7-10(11)12)8-16(14)6-2-5-13/h3-4,7H,2,5-6,8,13H2,1H3. The van der Waals surface area contributed by atoms with Crippen molar-refractivity contribution in [2.75, 3.05) is 19.4 Å². The molecule has 1 atom stereocenters. The summed E-state index contributed by atoms with van der Waals surface area (Å²) in [6, 6.07) is 5.75. The molecule has 0 aliphatic heterocycles. The van der Waals surface area contributed by atoms with Gasteiger partial charge in [0, 0.05) is 22.3 Å². The second kappa shape index (κ2) is 7.04. The summed E-state index contributed by atoms with van der Waals surface area (Å²) >= 11 is 3.41. The first-order valence-electron chi connectivity index (χ1n) is 5.05. The molecule has 0 aliphatic rings. The fourth-order valence-electron chi connectivity index (χ4n) is 1.30. The first-order chi connectivity index (χ1) is 7.67. The normalized spacial score (nSPS) is 12.4. The van der Waals surface area contributed by atoms with Gasteiger partial charge in [-0.2, -0.15) is 0 Å². The maximum absolute atomic E-state index is 11.6. The van der Waals surface area contributed by atoms with Crippen LogP contribution in [-0.4, -0.2) is 23.6 Å². The minimum Gasteiger partial charge on any atom is -0.496 e. The highest BCUT2D eigenvalue weighted by Crippen LogP contribution is 2.25. The quantitative estimate of drug-likeness (QED) is 0.875. The van der Waals surface area contributed by atoms with Gasteiger partial charge in [0.15, 0.2) is 0 Å². The number of rotatable bonds is 6. The smallest absolute Gasteiger partial charge is 0.133 e. The summed E-state index contributed by atoms with van der Waals surface area (Å²) in [4.78, 5) is 0. The van der Waals surface area contributed by atoms with Crippen molar-refractivity contribution in [2.45, 2.75) is 12.2 Å². The Kier molecular flexibility index (Phi) is 6.01. The van der Waals surface area contributed by atoms with Gasteiger partial charge in [-0.1, -0.05) is 6.07 Å². The Bertz CT molecular complexity index is 371. The van der Waals surface area contributed by atoms with Crippen molar-refractivity contribution < 1.29 is 8.95 Å². The summed E-state index contributed by atoms with van der Waals surface area (Å²) in [5.74, 6) is 2.03. The zero-order valence-corrected chi connectivity index (χ0v) is 11.6. The van der Waals surface area contributed by atoms with Crippen molar-refractivity contribution in [1.82, 2.24) is 0 Å². The maximum atomic E-state index is 11.6. The predicted octanol–water partition coefficient (Wildman–Crippen LogP) is 2.06. The largest absolute Gasteiger partial charge is 0.496 e. The van der Waals surface area contributed by atoms with Gasteiger partial charge in [-0.25, -0.2) is 0 Å². The summed E-state index contributed by atoms with van der Waals surface area (Å²) in [5, 5.41) is 0. The van der Waals surface area contributed by atoms with Crippen LogP contribution in [0.3, 0.4) is 0 Å². The molecule has 0 heterocycles. The number of benzene rings is 1. The predicted molar refractivity (Wildman–Crippen MR) is 71.1 cm³/mol. The lowest BCUT2D eigenvalue weighted by atomic mass is 10.2. The highest BCUT2D eigenvalue weighted by molar-refractivity contribution is 9.10. The lowest BCUT2D eigenvalue weighted by Gasteiger charge is -2.06. The van der Waals surface area contributed by atoms with Crippen LogP contribution in [0.25, 0.3) is 0 Å². The van der Waals surface area contributed by atoms with Crippen molar-refractivity contribution >= 4 is 26.7 Å². The van der Waals surface area contributed by atoms with Gasteiger partial charge in [-0.3, -0.25) is 4.21 Å². The van der Waals surface area contributed by atoms with Crippen LogP contribution in [0.4, 0.5) is 0 Å². The highest BCUT2D eigenvalue weighted by atomic mass is 79.9. The average molecular weight is 306 g/mol. The number of methoxy groups -OCH3 is 1. The fourth-order valence-corrected chi connectivity index (χ4v) is 3.07. The molecular weight excluding hydrogens is 290 g/mol. The molecule has 0 saturated carbocycles. The summed E-state index contributed by atoms with van der Waals surface area (Å²) < 4.78 is 17.7. The van der Waals surface area contributed by atoms with Crippen molar-refractivity contribution in [3.05, 3.63) is 28.2 Å². The molecule has 0 fully saturated rings. The molecule has 0 radical (unpaired) electrons. The zero-order chi connectivity index (χ0) is 12.0. The number of halogens is 1. The van der Waals surface area contributed by atoms with E-state index in [1.807, 2.05) is 18.2 Å². The van der Waals surface area contributed by atoms with Gasteiger partial charge in [0.1, 0.15) is 5.75 Å². The second-order valence-electron chi connectivity index (χ2n) is 3.40. The van der Waals surface area contributed by atoms with Gasteiger partial charge in [-0.15, -0.1) is 0 Å². The first-order valence-corrected chi connectivity index (χ1v) is 7.33. The molecule has 1 aromatic rings.